The molecule has 0 aliphatic heterocycles. The maximum absolute atomic E-state index is 12.3. The quantitative estimate of drug-likeness (QED) is 0.755. The number of H-pyrrole nitrogens is 1. The SMILES string of the molecule is O=c1[nH]n(Cc2ccccc2)c(=O)c2ccccc12. The van der Waals surface area contributed by atoms with E-state index in [1.807, 2.05) is 30.3 Å². The minimum absolute atomic E-state index is 0.181. The Morgan fingerprint density at radius 2 is 1.47 bits per heavy atom. The van der Waals surface area contributed by atoms with E-state index in [4.69, 9.17) is 0 Å². The second kappa shape index (κ2) is 4.57. The molecule has 0 aliphatic carbocycles. The van der Waals surface area contributed by atoms with Gasteiger partial charge in [0.2, 0.25) is 0 Å². The van der Waals surface area contributed by atoms with Crippen LogP contribution in [0.25, 0.3) is 10.8 Å². The van der Waals surface area contributed by atoms with E-state index in [2.05, 4.69) is 5.10 Å². The van der Waals surface area contributed by atoms with Crippen molar-refractivity contribution in [2.75, 3.05) is 0 Å². The molecular weight excluding hydrogens is 240 g/mol. The van der Waals surface area contributed by atoms with Crippen LogP contribution in [0.4, 0.5) is 0 Å². The fraction of sp³-hybridized carbons (Fsp3) is 0.0667. The molecule has 0 bridgehead atoms. The van der Waals surface area contributed by atoms with Gasteiger partial charge in [-0.1, -0.05) is 42.5 Å². The van der Waals surface area contributed by atoms with Gasteiger partial charge in [0.25, 0.3) is 11.1 Å². The molecule has 0 spiro atoms. The number of nitrogens with zero attached hydrogens (tertiary/aromatic N) is 1. The molecule has 1 heterocycles. The Morgan fingerprint density at radius 1 is 0.842 bits per heavy atom. The fourth-order valence-corrected chi connectivity index (χ4v) is 2.12. The lowest BCUT2D eigenvalue weighted by Crippen LogP contribution is -2.30. The van der Waals surface area contributed by atoms with E-state index < -0.39 is 0 Å². The first-order chi connectivity index (χ1) is 9.25. The molecule has 0 radical (unpaired) electrons. The number of benzene rings is 2. The summed E-state index contributed by atoms with van der Waals surface area (Å²) >= 11 is 0. The summed E-state index contributed by atoms with van der Waals surface area (Å²) in [5.41, 5.74) is 0.542. The summed E-state index contributed by atoms with van der Waals surface area (Å²) < 4.78 is 1.35. The van der Waals surface area contributed by atoms with Crippen LogP contribution in [0.5, 0.6) is 0 Å². The highest BCUT2D eigenvalue weighted by Gasteiger charge is 2.06. The summed E-state index contributed by atoms with van der Waals surface area (Å²) in [7, 11) is 0. The molecule has 4 nitrogen and oxygen atoms in total. The summed E-state index contributed by atoms with van der Waals surface area (Å²) in [5, 5.41) is 3.49. The van der Waals surface area contributed by atoms with Gasteiger partial charge in [0.05, 0.1) is 17.3 Å². The van der Waals surface area contributed by atoms with E-state index in [-0.39, 0.29) is 11.1 Å². The van der Waals surface area contributed by atoms with Gasteiger partial charge >= 0.3 is 0 Å². The van der Waals surface area contributed by atoms with Crippen molar-refractivity contribution in [2.24, 2.45) is 0 Å². The normalized spacial score (nSPS) is 10.7. The first-order valence-electron chi connectivity index (χ1n) is 6.01. The van der Waals surface area contributed by atoms with Crippen molar-refractivity contribution < 1.29 is 0 Å². The van der Waals surface area contributed by atoms with E-state index in [0.29, 0.717) is 17.3 Å². The summed E-state index contributed by atoms with van der Waals surface area (Å²) in [6, 6.07) is 16.4. The van der Waals surface area contributed by atoms with Crippen LogP contribution in [-0.2, 0) is 6.54 Å². The third-order valence-electron chi connectivity index (χ3n) is 3.07. The fourth-order valence-electron chi connectivity index (χ4n) is 2.12. The van der Waals surface area contributed by atoms with Crippen LogP contribution in [0, 0.1) is 0 Å². The Labute approximate surface area is 108 Å². The second-order valence-corrected chi connectivity index (χ2v) is 4.36. The van der Waals surface area contributed by atoms with Crippen molar-refractivity contribution in [3.05, 3.63) is 80.9 Å². The van der Waals surface area contributed by atoms with Gasteiger partial charge in [-0.25, -0.2) is 4.68 Å². The zero-order valence-electron chi connectivity index (χ0n) is 10.2. The number of fused-ring (bicyclic) bond motifs is 1. The third kappa shape index (κ3) is 2.08. The zero-order chi connectivity index (χ0) is 13.2. The highest BCUT2D eigenvalue weighted by molar-refractivity contribution is 5.80. The van der Waals surface area contributed by atoms with Gasteiger partial charge in [-0.05, 0) is 17.7 Å². The molecule has 3 rings (SSSR count). The Morgan fingerprint density at radius 3 is 2.21 bits per heavy atom. The number of aromatic nitrogens is 2. The molecule has 94 valence electrons. The van der Waals surface area contributed by atoms with E-state index in [1.165, 1.54) is 4.68 Å². The molecular formula is C15H12N2O2. The number of hydrogen-bond donors (Lipinski definition) is 1. The van der Waals surface area contributed by atoms with Crippen molar-refractivity contribution in [3.63, 3.8) is 0 Å². The molecule has 3 aromatic rings. The number of rotatable bonds is 2. The van der Waals surface area contributed by atoms with Crippen LogP contribution in [0.2, 0.25) is 0 Å². The van der Waals surface area contributed by atoms with E-state index in [9.17, 15) is 9.59 Å². The maximum atomic E-state index is 12.3. The Hall–Kier alpha value is -2.62. The first kappa shape index (κ1) is 11.5. The third-order valence-corrected chi connectivity index (χ3v) is 3.07. The number of nitrogens with one attached hydrogen (secondary N) is 1. The Kier molecular flexibility index (Phi) is 2.76. The summed E-state index contributed by atoms with van der Waals surface area (Å²) in [4.78, 5) is 24.2. The molecule has 1 N–H and O–H groups in total. The second-order valence-electron chi connectivity index (χ2n) is 4.36. The standard InChI is InChI=1S/C15H12N2O2/c18-14-12-8-4-5-9-13(12)15(19)17(16-14)10-11-6-2-1-3-7-11/h1-9H,10H2,(H,16,18). The molecule has 0 amide bonds. The topological polar surface area (TPSA) is 54.9 Å². The lowest BCUT2D eigenvalue weighted by molar-refractivity contribution is 0.637. The molecule has 1 aromatic heterocycles. The van der Waals surface area contributed by atoms with E-state index >= 15 is 0 Å². The van der Waals surface area contributed by atoms with E-state index in [0.717, 1.165) is 5.56 Å². The van der Waals surface area contributed by atoms with Crippen molar-refractivity contribution in [1.82, 2.24) is 9.78 Å². The van der Waals surface area contributed by atoms with Crippen LogP contribution in [0.3, 0.4) is 0 Å². The predicted octanol–water partition coefficient (Wildman–Crippen LogP) is 1.74. The van der Waals surface area contributed by atoms with Crippen molar-refractivity contribution in [2.45, 2.75) is 6.54 Å². The highest BCUT2D eigenvalue weighted by atomic mass is 16.2. The maximum Gasteiger partial charge on any atom is 0.273 e. The average molecular weight is 252 g/mol. The number of hydrogen-bond acceptors (Lipinski definition) is 2. The molecule has 0 aliphatic rings. The summed E-state index contributed by atoms with van der Waals surface area (Å²) in [6.45, 7) is 0.361. The van der Waals surface area contributed by atoms with Crippen molar-refractivity contribution in [1.29, 1.82) is 0 Å². The minimum Gasteiger partial charge on any atom is -0.267 e. The molecule has 0 atom stereocenters. The van der Waals surface area contributed by atoms with Gasteiger partial charge in [-0.2, -0.15) is 0 Å². The molecule has 0 saturated heterocycles. The number of aromatic amines is 1. The van der Waals surface area contributed by atoms with Crippen molar-refractivity contribution in [3.8, 4) is 0 Å². The van der Waals surface area contributed by atoms with Crippen LogP contribution in [0.1, 0.15) is 5.56 Å². The van der Waals surface area contributed by atoms with Crippen LogP contribution in [-0.4, -0.2) is 9.78 Å². The average Bonchev–Trinajstić information content (AvgIpc) is 2.46. The molecule has 0 unspecified atom stereocenters. The molecule has 0 saturated carbocycles. The highest BCUT2D eigenvalue weighted by Crippen LogP contribution is 2.04. The summed E-state index contributed by atoms with van der Waals surface area (Å²) in [6.07, 6.45) is 0. The van der Waals surface area contributed by atoms with Crippen LogP contribution in [0.15, 0.2) is 64.2 Å². The minimum atomic E-state index is -0.244. The van der Waals surface area contributed by atoms with Crippen LogP contribution < -0.4 is 11.1 Å². The molecule has 19 heavy (non-hydrogen) atoms. The Bertz CT molecular complexity index is 832. The first-order valence-corrected chi connectivity index (χ1v) is 6.01. The smallest absolute Gasteiger partial charge is 0.267 e. The van der Waals surface area contributed by atoms with Gasteiger partial charge < -0.3 is 0 Å². The van der Waals surface area contributed by atoms with Gasteiger partial charge in [0.1, 0.15) is 0 Å². The lowest BCUT2D eigenvalue weighted by atomic mass is 10.2. The summed E-state index contributed by atoms with van der Waals surface area (Å²) in [5.74, 6) is 0. The molecule has 4 heteroatoms. The molecule has 2 aromatic carbocycles. The van der Waals surface area contributed by atoms with Gasteiger partial charge in [0, 0.05) is 0 Å². The monoisotopic (exact) mass is 252 g/mol. The van der Waals surface area contributed by atoms with Gasteiger partial charge in [-0.3, -0.25) is 14.7 Å². The van der Waals surface area contributed by atoms with Crippen LogP contribution >= 0.6 is 0 Å². The predicted molar refractivity (Wildman–Crippen MR) is 74.4 cm³/mol. The lowest BCUT2D eigenvalue weighted by Gasteiger charge is -2.07. The van der Waals surface area contributed by atoms with Crippen molar-refractivity contribution >= 4 is 10.8 Å². The van der Waals surface area contributed by atoms with Gasteiger partial charge in [-0.15, -0.1) is 0 Å². The zero-order valence-corrected chi connectivity index (χ0v) is 10.2. The largest absolute Gasteiger partial charge is 0.273 e. The Balaban J connectivity index is 2.18. The van der Waals surface area contributed by atoms with E-state index in [1.54, 1.807) is 24.3 Å². The molecule has 0 fully saturated rings. The van der Waals surface area contributed by atoms with Gasteiger partial charge in [0.15, 0.2) is 0 Å².